The van der Waals surface area contributed by atoms with E-state index >= 15 is 0 Å². The number of furan rings is 1. The highest BCUT2D eigenvalue weighted by Crippen LogP contribution is 2.18. The number of fused-ring (bicyclic) bond motifs is 1. The lowest BCUT2D eigenvalue weighted by Crippen LogP contribution is -2.42. The van der Waals surface area contributed by atoms with Gasteiger partial charge in [0.05, 0.1) is 30.5 Å². The van der Waals surface area contributed by atoms with Gasteiger partial charge >= 0.3 is 0 Å². The van der Waals surface area contributed by atoms with Gasteiger partial charge in [-0.25, -0.2) is 4.98 Å². The molecule has 3 aromatic rings. The summed E-state index contributed by atoms with van der Waals surface area (Å²) in [4.78, 5) is 31.3. The molecule has 1 saturated heterocycles. The van der Waals surface area contributed by atoms with Crippen molar-refractivity contribution in [3.63, 3.8) is 0 Å². The number of amides is 2. The summed E-state index contributed by atoms with van der Waals surface area (Å²) in [5, 5.41) is 2.84. The highest BCUT2D eigenvalue weighted by Gasteiger charge is 2.20. The van der Waals surface area contributed by atoms with Crippen molar-refractivity contribution >= 4 is 22.8 Å². The van der Waals surface area contributed by atoms with Gasteiger partial charge in [0.25, 0.3) is 5.91 Å². The van der Waals surface area contributed by atoms with Crippen LogP contribution in [0.5, 0.6) is 0 Å². The van der Waals surface area contributed by atoms with Gasteiger partial charge in [-0.1, -0.05) is 12.1 Å². The first kappa shape index (κ1) is 19.2. The molecule has 0 radical (unpaired) electrons. The Morgan fingerprint density at radius 2 is 1.93 bits per heavy atom. The van der Waals surface area contributed by atoms with Crippen LogP contribution in [0.15, 0.2) is 47.1 Å². The largest absolute Gasteiger partial charge is 0.459 e. The third-order valence-electron chi connectivity index (χ3n) is 5.00. The molecule has 29 heavy (non-hydrogen) atoms. The number of nitrogens with zero attached hydrogens (tertiary/aromatic N) is 3. The zero-order chi connectivity index (χ0) is 20.1. The molecule has 0 atom stereocenters. The molecule has 2 amide bonds. The Hall–Kier alpha value is -3.13. The molecule has 8 heteroatoms. The lowest BCUT2D eigenvalue weighted by atomic mass is 10.2. The van der Waals surface area contributed by atoms with Gasteiger partial charge in [-0.3, -0.25) is 9.59 Å². The molecule has 152 valence electrons. The molecule has 1 aliphatic heterocycles. The minimum atomic E-state index is -0.231. The number of rotatable bonds is 7. The molecular weight excluding hydrogens is 372 g/mol. The molecule has 1 aliphatic rings. The molecule has 1 N–H and O–H groups in total. The van der Waals surface area contributed by atoms with Gasteiger partial charge in [0.2, 0.25) is 5.91 Å². The molecule has 0 spiro atoms. The third kappa shape index (κ3) is 4.48. The quantitative estimate of drug-likeness (QED) is 0.616. The van der Waals surface area contributed by atoms with Crippen molar-refractivity contribution in [2.24, 2.45) is 0 Å². The monoisotopic (exact) mass is 396 g/mol. The Bertz CT molecular complexity index is 974. The van der Waals surface area contributed by atoms with Gasteiger partial charge in [-0.15, -0.1) is 0 Å². The lowest BCUT2D eigenvalue weighted by molar-refractivity contribution is -0.135. The molecule has 0 aliphatic carbocycles. The second kappa shape index (κ2) is 8.91. The van der Waals surface area contributed by atoms with E-state index in [9.17, 15) is 9.59 Å². The van der Waals surface area contributed by atoms with Crippen molar-refractivity contribution < 1.29 is 18.7 Å². The van der Waals surface area contributed by atoms with Crippen LogP contribution in [0.3, 0.4) is 0 Å². The van der Waals surface area contributed by atoms with Crippen molar-refractivity contribution in [2.45, 2.75) is 19.4 Å². The normalized spacial score (nSPS) is 14.3. The van der Waals surface area contributed by atoms with Crippen LogP contribution in [-0.2, 0) is 22.5 Å². The number of carbonyl (C=O) groups is 2. The van der Waals surface area contributed by atoms with Crippen molar-refractivity contribution in [3.05, 3.63) is 54.2 Å². The van der Waals surface area contributed by atoms with Crippen LogP contribution in [0, 0.1) is 0 Å². The van der Waals surface area contributed by atoms with Crippen molar-refractivity contribution in [1.29, 1.82) is 0 Å². The van der Waals surface area contributed by atoms with E-state index in [1.165, 1.54) is 6.26 Å². The Kier molecular flexibility index (Phi) is 5.90. The van der Waals surface area contributed by atoms with E-state index in [1.807, 2.05) is 33.7 Å². The van der Waals surface area contributed by atoms with Gasteiger partial charge in [0, 0.05) is 26.1 Å². The van der Waals surface area contributed by atoms with E-state index in [4.69, 9.17) is 14.1 Å². The molecule has 1 fully saturated rings. The van der Waals surface area contributed by atoms with Crippen molar-refractivity contribution in [2.75, 3.05) is 32.8 Å². The Balaban J connectivity index is 1.42. The van der Waals surface area contributed by atoms with Crippen LogP contribution >= 0.6 is 0 Å². The smallest absolute Gasteiger partial charge is 0.286 e. The van der Waals surface area contributed by atoms with Crippen LogP contribution in [-0.4, -0.2) is 59.1 Å². The maximum Gasteiger partial charge on any atom is 0.286 e. The lowest BCUT2D eigenvalue weighted by Gasteiger charge is -2.27. The highest BCUT2D eigenvalue weighted by atomic mass is 16.5. The number of ether oxygens (including phenoxy) is 1. The number of benzene rings is 1. The summed E-state index contributed by atoms with van der Waals surface area (Å²) < 4.78 is 12.4. The van der Waals surface area contributed by atoms with E-state index in [2.05, 4.69) is 5.32 Å². The van der Waals surface area contributed by atoms with Gasteiger partial charge in [0.15, 0.2) is 5.76 Å². The van der Waals surface area contributed by atoms with Gasteiger partial charge < -0.3 is 23.9 Å². The second-order valence-corrected chi connectivity index (χ2v) is 6.93. The van der Waals surface area contributed by atoms with Crippen molar-refractivity contribution in [3.8, 4) is 0 Å². The summed E-state index contributed by atoms with van der Waals surface area (Å²) in [7, 11) is 0. The number of aromatic nitrogens is 2. The topological polar surface area (TPSA) is 89.6 Å². The van der Waals surface area contributed by atoms with E-state index in [1.54, 1.807) is 12.1 Å². The van der Waals surface area contributed by atoms with Crippen LogP contribution in [0.4, 0.5) is 0 Å². The van der Waals surface area contributed by atoms with E-state index in [0.717, 1.165) is 16.9 Å². The minimum Gasteiger partial charge on any atom is -0.459 e. The van der Waals surface area contributed by atoms with Crippen LogP contribution in [0.1, 0.15) is 22.8 Å². The molecule has 0 unspecified atom stereocenters. The molecule has 0 saturated carbocycles. The number of imidazole rings is 1. The first-order chi connectivity index (χ1) is 14.2. The number of nitrogens with one attached hydrogen (secondary N) is 1. The zero-order valence-electron chi connectivity index (χ0n) is 16.2. The SMILES string of the molecule is O=C(NCCCc1nc2ccccc2n1CC(=O)N1CCOCC1)c1ccco1. The number of hydrogen-bond donors (Lipinski definition) is 1. The summed E-state index contributed by atoms with van der Waals surface area (Å²) >= 11 is 0. The van der Waals surface area contributed by atoms with Crippen LogP contribution in [0.2, 0.25) is 0 Å². The zero-order valence-corrected chi connectivity index (χ0v) is 16.2. The number of aryl methyl sites for hydroxylation is 1. The Morgan fingerprint density at radius 3 is 2.72 bits per heavy atom. The number of carbonyl (C=O) groups excluding carboxylic acids is 2. The number of morpholine rings is 1. The number of hydrogen-bond acceptors (Lipinski definition) is 5. The average molecular weight is 396 g/mol. The molecule has 0 bridgehead atoms. The minimum absolute atomic E-state index is 0.0730. The average Bonchev–Trinajstić information content (AvgIpc) is 3.41. The third-order valence-corrected chi connectivity index (χ3v) is 5.00. The summed E-state index contributed by atoms with van der Waals surface area (Å²) in [6.07, 6.45) is 2.84. The highest BCUT2D eigenvalue weighted by molar-refractivity contribution is 5.91. The molecule has 8 nitrogen and oxygen atoms in total. The van der Waals surface area contributed by atoms with Crippen LogP contribution in [0.25, 0.3) is 11.0 Å². The van der Waals surface area contributed by atoms with E-state index in [0.29, 0.717) is 51.4 Å². The fraction of sp³-hybridized carbons (Fsp3) is 0.381. The Morgan fingerprint density at radius 1 is 1.10 bits per heavy atom. The molecule has 4 rings (SSSR count). The standard InChI is InChI=1S/C21H24N4O4/c26-20(24-10-13-28-14-11-24)15-25-17-6-2-1-5-16(17)23-19(25)8-3-9-22-21(27)18-7-4-12-29-18/h1-2,4-7,12H,3,8-11,13-15H2,(H,22,27). The summed E-state index contributed by atoms with van der Waals surface area (Å²) in [6.45, 7) is 3.17. The number of para-hydroxylation sites is 2. The van der Waals surface area contributed by atoms with Gasteiger partial charge in [-0.2, -0.15) is 0 Å². The molecule has 1 aromatic carbocycles. The van der Waals surface area contributed by atoms with E-state index in [-0.39, 0.29) is 18.4 Å². The van der Waals surface area contributed by atoms with Crippen molar-refractivity contribution in [1.82, 2.24) is 19.8 Å². The Labute approximate surface area is 168 Å². The summed E-state index contributed by atoms with van der Waals surface area (Å²) in [5.41, 5.74) is 1.82. The molecular formula is C21H24N4O4. The summed E-state index contributed by atoms with van der Waals surface area (Å²) in [6, 6.07) is 11.1. The maximum absolute atomic E-state index is 12.8. The summed E-state index contributed by atoms with van der Waals surface area (Å²) in [5.74, 6) is 0.989. The maximum atomic E-state index is 12.8. The fourth-order valence-electron chi connectivity index (χ4n) is 3.48. The first-order valence-electron chi connectivity index (χ1n) is 9.84. The fourth-order valence-corrected chi connectivity index (χ4v) is 3.48. The first-order valence-corrected chi connectivity index (χ1v) is 9.84. The predicted molar refractivity (Wildman–Crippen MR) is 106 cm³/mol. The second-order valence-electron chi connectivity index (χ2n) is 6.93. The molecule has 3 heterocycles. The van der Waals surface area contributed by atoms with E-state index < -0.39 is 0 Å². The van der Waals surface area contributed by atoms with Gasteiger partial charge in [0.1, 0.15) is 12.4 Å². The van der Waals surface area contributed by atoms with Crippen LogP contribution < -0.4 is 5.32 Å². The van der Waals surface area contributed by atoms with Gasteiger partial charge in [-0.05, 0) is 30.7 Å². The predicted octanol–water partition coefficient (Wildman–Crippen LogP) is 1.85. The molecule has 2 aromatic heterocycles.